The molecule has 0 radical (unpaired) electrons. The van der Waals surface area contributed by atoms with Crippen LogP contribution in [0.4, 0.5) is 13.2 Å². The molecule has 4 aromatic rings. The first kappa shape index (κ1) is 23.6. The molecule has 0 aliphatic carbocycles. The third kappa shape index (κ3) is 4.30. The van der Waals surface area contributed by atoms with Crippen LogP contribution in [0.1, 0.15) is 41.8 Å². The lowest BCUT2D eigenvalue weighted by atomic mass is 10.1. The summed E-state index contributed by atoms with van der Waals surface area (Å²) in [6, 6.07) is 8.55. The van der Waals surface area contributed by atoms with Crippen LogP contribution in [0.3, 0.4) is 0 Å². The predicted octanol–water partition coefficient (Wildman–Crippen LogP) is 4.78. The smallest absolute Gasteiger partial charge is 0.433 e. The fourth-order valence-electron chi connectivity index (χ4n) is 3.58. The van der Waals surface area contributed by atoms with Crippen molar-refractivity contribution in [3.8, 4) is 17.0 Å². The Hall–Kier alpha value is -3.60. The van der Waals surface area contributed by atoms with Gasteiger partial charge in [0.05, 0.1) is 24.5 Å². The van der Waals surface area contributed by atoms with E-state index in [4.69, 9.17) is 16.3 Å². The van der Waals surface area contributed by atoms with Gasteiger partial charge in [0.1, 0.15) is 10.8 Å². The zero-order valence-electron chi connectivity index (χ0n) is 18.4. The van der Waals surface area contributed by atoms with Crippen molar-refractivity contribution < 1.29 is 22.7 Å². The van der Waals surface area contributed by atoms with Crippen molar-refractivity contribution >= 4 is 23.2 Å². The first-order valence-electron chi connectivity index (χ1n) is 10.3. The minimum atomic E-state index is -4.78. The molecule has 0 fully saturated rings. The lowest BCUT2D eigenvalue weighted by molar-refractivity contribution is -0.142. The molecule has 0 saturated carbocycles. The highest BCUT2D eigenvalue weighted by molar-refractivity contribution is 6.36. The van der Waals surface area contributed by atoms with Crippen LogP contribution >= 0.6 is 11.6 Å². The summed E-state index contributed by atoms with van der Waals surface area (Å²) in [5.74, 6) is -0.282. The Kier molecular flexibility index (Phi) is 6.22. The second kappa shape index (κ2) is 8.98. The van der Waals surface area contributed by atoms with Crippen molar-refractivity contribution in [3.63, 3.8) is 0 Å². The van der Waals surface area contributed by atoms with E-state index in [1.807, 2.05) is 6.92 Å². The van der Waals surface area contributed by atoms with Gasteiger partial charge in [0.15, 0.2) is 17.0 Å². The molecule has 3 heterocycles. The molecule has 1 aromatic carbocycles. The number of ether oxygens (including phenoxy) is 1. The van der Waals surface area contributed by atoms with Gasteiger partial charge in [0, 0.05) is 18.3 Å². The number of aryl methyl sites for hydroxylation is 1. The van der Waals surface area contributed by atoms with Gasteiger partial charge < -0.3 is 10.1 Å². The molecule has 1 atom stereocenters. The maximum Gasteiger partial charge on any atom is 0.433 e. The Morgan fingerprint density at radius 2 is 2.03 bits per heavy atom. The Bertz CT molecular complexity index is 1360. The molecular formula is C22H20ClF3N6O2. The molecule has 1 unspecified atom stereocenters. The molecule has 0 spiro atoms. The van der Waals surface area contributed by atoms with Gasteiger partial charge in [-0.3, -0.25) is 9.48 Å². The van der Waals surface area contributed by atoms with Gasteiger partial charge in [-0.15, -0.1) is 0 Å². The van der Waals surface area contributed by atoms with Crippen molar-refractivity contribution in [2.24, 2.45) is 0 Å². The van der Waals surface area contributed by atoms with Crippen LogP contribution in [0.5, 0.6) is 5.75 Å². The van der Waals surface area contributed by atoms with E-state index in [-0.39, 0.29) is 22.1 Å². The van der Waals surface area contributed by atoms with Crippen LogP contribution < -0.4 is 10.1 Å². The molecule has 1 N–H and O–H groups in total. The number of alkyl halides is 3. The normalized spacial score (nSPS) is 12.7. The average molecular weight is 493 g/mol. The number of nitrogens with one attached hydrogen (secondary N) is 1. The largest absolute Gasteiger partial charge is 0.497 e. The van der Waals surface area contributed by atoms with Crippen LogP contribution in [-0.4, -0.2) is 37.4 Å². The van der Waals surface area contributed by atoms with Gasteiger partial charge in [0.2, 0.25) is 0 Å². The average Bonchev–Trinajstić information content (AvgIpc) is 3.42. The summed E-state index contributed by atoms with van der Waals surface area (Å²) in [5, 5.41) is 10.4. The number of nitrogens with zero attached hydrogens (tertiary/aromatic N) is 5. The number of amides is 1. The van der Waals surface area contributed by atoms with E-state index >= 15 is 0 Å². The van der Waals surface area contributed by atoms with Gasteiger partial charge in [0.25, 0.3) is 5.91 Å². The molecule has 178 valence electrons. The topological polar surface area (TPSA) is 86.3 Å². The Labute approximate surface area is 197 Å². The number of methoxy groups -OCH3 is 1. The lowest BCUT2D eigenvalue weighted by Gasteiger charge is -2.14. The summed E-state index contributed by atoms with van der Waals surface area (Å²) in [4.78, 5) is 17.2. The summed E-state index contributed by atoms with van der Waals surface area (Å²) in [7, 11) is 1.45. The number of rotatable bonds is 6. The van der Waals surface area contributed by atoms with Crippen molar-refractivity contribution in [1.82, 2.24) is 29.7 Å². The second-order valence-electron chi connectivity index (χ2n) is 7.42. The first-order chi connectivity index (χ1) is 16.1. The fourth-order valence-corrected chi connectivity index (χ4v) is 3.83. The number of benzene rings is 1. The SMILES string of the molecule is CCn1nccc1C(C)NC(=O)c1nn2c(C(F)(F)F)cc(-c3cccc(OC)c3)nc2c1Cl. The maximum absolute atomic E-state index is 13.9. The lowest BCUT2D eigenvalue weighted by Crippen LogP contribution is -2.29. The van der Waals surface area contributed by atoms with E-state index in [0.29, 0.717) is 22.4 Å². The maximum atomic E-state index is 13.9. The van der Waals surface area contributed by atoms with Gasteiger partial charge in [-0.05, 0) is 38.1 Å². The van der Waals surface area contributed by atoms with E-state index in [2.05, 4.69) is 20.5 Å². The number of carbonyl (C=O) groups excluding carboxylic acids is 1. The summed E-state index contributed by atoms with van der Waals surface area (Å²) in [6.07, 6.45) is -3.18. The van der Waals surface area contributed by atoms with Crippen molar-refractivity contribution in [2.45, 2.75) is 32.6 Å². The molecule has 12 heteroatoms. The van der Waals surface area contributed by atoms with Gasteiger partial charge in [-0.25, -0.2) is 9.50 Å². The minimum absolute atomic E-state index is 0.00713. The third-order valence-electron chi connectivity index (χ3n) is 5.24. The van der Waals surface area contributed by atoms with E-state index in [0.717, 1.165) is 11.8 Å². The van der Waals surface area contributed by atoms with Gasteiger partial charge in [-0.1, -0.05) is 23.7 Å². The molecule has 0 bridgehead atoms. The van der Waals surface area contributed by atoms with Crippen LogP contribution in [0, 0.1) is 0 Å². The Morgan fingerprint density at radius 1 is 1.26 bits per heavy atom. The second-order valence-corrected chi connectivity index (χ2v) is 7.80. The molecule has 3 aromatic heterocycles. The molecule has 0 saturated heterocycles. The standard InChI is InChI=1S/C22H20ClF3N6O2/c1-4-31-16(8-9-27-31)12(2)28-21(33)19-18(23)20-29-15(13-6-5-7-14(10-13)34-3)11-17(22(24,25)26)32(20)30-19/h5-12H,4H2,1-3H3,(H,28,33). The highest BCUT2D eigenvalue weighted by atomic mass is 35.5. The highest BCUT2D eigenvalue weighted by Gasteiger charge is 2.37. The van der Waals surface area contributed by atoms with Crippen molar-refractivity contribution in [1.29, 1.82) is 0 Å². The Balaban J connectivity index is 1.79. The van der Waals surface area contributed by atoms with E-state index in [1.165, 1.54) is 7.11 Å². The van der Waals surface area contributed by atoms with Crippen LogP contribution in [-0.2, 0) is 12.7 Å². The molecule has 4 rings (SSSR count). The predicted molar refractivity (Wildman–Crippen MR) is 119 cm³/mol. The molecular weight excluding hydrogens is 473 g/mol. The van der Waals surface area contributed by atoms with E-state index in [1.54, 1.807) is 48.1 Å². The van der Waals surface area contributed by atoms with Crippen LogP contribution in [0.15, 0.2) is 42.6 Å². The molecule has 1 amide bonds. The highest BCUT2D eigenvalue weighted by Crippen LogP contribution is 2.35. The first-order valence-corrected chi connectivity index (χ1v) is 10.6. The zero-order valence-corrected chi connectivity index (χ0v) is 19.1. The third-order valence-corrected chi connectivity index (χ3v) is 5.59. The van der Waals surface area contributed by atoms with Crippen molar-refractivity contribution in [3.05, 3.63) is 64.7 Å². The van der Waals surface area contributed by atoms with Gasteiger partial charge in [-0.2, -0.15) is 23.4 Å². The summed E-state index contributed by atoms with van der Waals surface area (Å²) in [6.45, 7) is 4.21. The fraction of sp³-hybridized carbons (Fsp3) is 0.273. The monoisotopic (exact) mass is 492 g/mol. The molecule has 34 heavy (non-hydrogen) atoms. The quantitative estimate of drug-likeness (QED) is 0.418. The van der Waals surface area contributed by atoms with Gasteiger partial charge >= 0.3 is 6.18 Å². The summed E-state index contributed by atoms with van der Waals surface area (Å²) in [5.41, 5.74) is -0.647. The Morgan fingerprint density at radius 3 is 2.71 bits per heavy atom. The molecule has 0 aliphatic heterocycles. The zero-order chi connectivity index (χ0) is 24.6. The number of hydrogen-bond acceptors (Lipinski definition) is 5. The number of halogens is 4. The molecule has 0 aliphatic rings. The summed E-state index contributed by atoms with van der Waals surface area (Å²) < 4.78 is 49.1. The van der Waals surface area contributed by atoms with E-state index in [9.17, 15) is 18.0 Å². The van der Waals surface area contributed by atoms with E-state index < -0.39 is 23.8 Å². The number of aromatic nitrogens is 5. The summed E-state index contributed by atoms with van der Waals surface area (Å²) >= 11 is 6.34. The van der Waals surface area contributed by atoms with Crippen molar-refractivity contribution in [2.75, 3.05) is 7.11 Å². The number of hydrogen-bond donors (Lipinski definition) is 1. The number of carbonyl (C=O) groups is 1. The minimum Gasteiger partial charge on any atom is -0.497 e. The van der Waals surface area contributed by atoms with Crippen LogP contribution in [0.2, 0.25) is 5.02 Å². The molecule has 8 nitrogen and oxygen atoms in total. The van der Waals surface area contributed by atoms with Crippen LogP contribution in [0.25, 0.3) is 16.9 Å². The number of fused-ring (bicyclic) bond motifs is 1.